The Labute approximate surface area is 78.2 Å². The first-order chi connectivity index (χ1) is 5.65. The molecule has 1 heterocycles. The van der Waals surface area contributed by atoms with Gasteiger partial charge in [0.2, 0.25) is 5.03 Å². The molecule has 0 spiro atoms. The van der Waals surface area contributed by atoms with Gasteiger partial charge in [0.15, 0.2) is 6.20 Å². The van der Waals surface area contributed by atoms with Crippen molar-refractivity contribution >= 4 is 12.6 Å². The topological polar surface area (TPSA) is 26.9 Å². The van der Waals surface area contributed by atoms with E-state index in [-0.39, 0.29) is 0 Å². The first kappa shape index (κ1) is 9.39. The van der Waals surface area contributed by atoms with Crippen molar-refractivity contribution < 1.29 is 4.73 Å². The maximum absolute atomic E-state index is 11.1. The molecule has 0 radical (unpaired) electrons. The summed E-state index contributed by atoms with van der Waals surface area (Å²) in [5, 5.41) is 11.6. The van der Waals surface area contributed by atoms with Crippen LogP contribution in [0.5, 0.6) is 0 Å². The van der Waals surface area contributed by atoms with Crippen molar-refractivity contribution in [2.45, 2.75) is 31.7 Å². The number of rotatable bonds is 2. The summed E-state index contributed by atoms with van der Waals surface area (Å²) < 4.78 is 0.807. The Balaban J connectivity index is 3.05. The number of thiol groups is 1. The molecule has 1 aromatic rings. The summed E-state index contributed by atoms with van der Waals surface area (Å²) in [6, 6.07) is 1.81. The quantitative estimate of drug-likeness (QED) is 0.423. The summed E-state index contributed by atoms with van der Waals surface area (Å²) in [7, 11) is 0. The third-order valence-corrected chi connectivity index (χ3v) is 2.20. The minimum absolute atomic E-state index is 0.465. The molecule has 3 heteroatoms. The van der Waals surface area contributed by atoms with E-state index in [0.717, 1.165) is 28.7 Å². The molecule has 0 aliphatic rings. The molecule has 0 aromatic carbocycles. The van der Waals surface area contributed by atoms with E-state index in [1.165, 1.54) is 0 Å². The van der Waals surface area contributed by atoms with E-state index in [2.05, 4.69) is 19.6 Å². The smallest absolute Gasteiger partial charge is 0.248 e. The van der Waals surface area contributed by atoms with Gasteiger partial charge in [-0.2, -0.15) is 4.73 Å². The van der Waals surface area contributed by atoms with Gasteiger partial charge in [-0.25, -0.2) is 0 Å². The van der Waals surface area contributed by atoms with E-state index < -0.39 is 0 Å². The van der Waals surface area contributed by atoms with Crippen LogP contribution in [0.15, 0.2) is 17.3 Å². The lowest BCUT2D eigenvalue weighted by Crippen LogP contribution is -2.28. The van der Waals surface area contributed by atoms with E-state index in [1.807, 2.05) is 6.92 Å². The second-order valence-electron chi connectivity index (χ2n) is 2.92. The highest BCUT2D eigenvalue weighted by Crippen LogP contribution is 2.10. The van der Waals surface area contributed by atoms with E-state index in [9.17, 15) is 5.21 Å². The lowest BCUT2D eigenvalue weighted by atomic mass is 10.1. The Morgan fingerprint density at radius 2 is 2.25 bits per heavy atom. The molecule has 12 heavy (non-hydrogen) atoms. The highest BCUT2D eigenvalue weighted by atomic mass is 32.1. The highest BCUT2D eigenvalue weighted by Gasteiger charge is 2.05. The van der Waals surface area contributed by atoms with Gasteiger partial charge < -0.3 is 5.21 Å². The molecule has 0 aliphatic heterocycles. The fourth-order valence-corrected chi connectivity index (χ4v) is 1.44. The molecule has 0 unspecified atom stereocenters. The zero-order valence-corrected chi connectivity index (χ0v) is 8.27. The molecule has 0 saturated heterocycles. The second-order valence-corrected chi connectivity index (χ2v) is 3.37. The van der Waals surface area contributed by atoms with Gasteiger partial charge in [-0.05, 0) is 18.9 Å². The molecular weight excluding hydrogens is 170 g/mol. The van der Waals surface area contributed by atoms with Gasteiger partial charge in [-0.1, -0.05) is 26.0 Å². The maximum atomic E-state index is 11.1. The van der Waals surface area contributed by atoms with Crippen LogP contribution in [-0.4, -0.2) is 0 Å². The molecule has 1 aromatic heterocycles. The van der Waals surface area contributed by atoms with Crippen molar-refractivity contribution in [3.8, 4) is 0 Å². The number of aryl methyl sites for hydroxylation is 2. The van der Waals surface area contributed by atoms with Crippen LogP contribution in [0.2, 0.25) is 0 Å². The van der Waals surface area contributed by atoms with Crippen molar-refractivity contribution in [2.24, 2.45) is 0 Å². The van der Waals surface area contributed by atoms with Crippen LogP contribution >= 0.6 is 12.6 Å². The summed E-state index contributed by atoms with van der Waals surface area (Å²) in [5.41, 5.74) is 2.26. The lowest BCUT2D eigenvalue weighted by molar-refractivity contribution is -0.645. The Morgan fingerprint density at radius 3 is 2.83 bits per heavy atom. The minimum atomic E-state index is 0.465. The van der Waals surface area contributed by atoms with Crippen molar-refractivity contribution in [2.75, 3.05) is 0 Å². The van der Waals surface area contributed by atoms with Gasteiger partial charge in [0.05, 0.1) is 0 Å². The zero-order chi connectivity index (χ0) is 9.14. The Kier molecular flexibility index (Phi) is 2.98. The fourth-order valence-electron chi connectivity index (χ4n) is 1.19. The molecule has 0 amide bonds. The molecule has 1 rings (SSSR count). The first-order valence-electron chi connectivity index (χ1n) is 4.06. The van der Waals surface area contributed by atoms with Gasteiger partial charge in [-0.3, -0.25) is 0 Å². The van der Waals surface area contributed by atoms with Crippen molar-refractivity contribution in [1.29, 1.82) is 0 Å². The Hall–Kier alpha value is -0.700. The number of aromatic nitrogens is 1. The molecule has 0 bridgehead atoms. The third kappa shape index (κ3) is 1.91. The number of hydrogen-bond donors (Lipinski definition) is 1. The second kappa shape index (κ2) is 3.81. The summed E-state index contributed by atoms with van der Waals surface area (Å²) in [4.78, 5) is 0. The van der Waals surface area contributed by atoms with Gasteiger partial charge in [-0.15, -0.1) is 0 Å². The Morgan fingerprint density at radius 1 is 1.58 bits per heavy atom. The summed E-state index contributed by atoms with van der Waals surface area (Å²) in [5.74, 6) is 0. The maximum Gasteiger partial charge on any atom is 0.248 e. The largest absolute Gasteiger partial charge is 0.618 e. The van der Waals surface area contributed by atoms with Gasteiger partial charge in [0, 0.05) is 11.6 Å². The van der Waals surface area contributed by atoms with Crippen molar-refractivity contribution in [1.82, 2.24) is 0 Å². The van der Waals surface area contributed by atoms with E-state index in [4.69, 9.17) is 0 Å². The van der Waals surface area contributed by atoms with Gasteiger partial charge >= 0.3 is 0 Å². The first-order valence-corrected chi connectivity index (χ1v) is 4.51. The van der Waals surface area contributed by atoms with E-state index >= 15 is 0 Å². The SMILES string of the molecule is CCCc1c[n+]([O-])c(S)cc1C. The molecule has 0 fully saturated rings. The molecule has 2 nitrogen and oxygen atoms in total. The monoisotopic (exact) mass is 183 g/mol. The predicted molar refractivity (Wildman–Crippen MR) is 51.4 cm³/mol. The highest BCUT2D eigenvalue weighted by molar-refractivity contribution is 7.80. The predicted octanol–water partition coefficient (Wildman–Crippen LogP) is 1.87. The van der Waals surface area contributed by atoms with Crippen LogP contribution in [0.3, 0.4) is 0 Å². The van der Waals surface area contributed by atoms with Crippen LogP contribution in [0.4, 0.5) is 0 Å². The molecule has 66 valence electrons. The van der Waals surface area contributed by atoms with Crippen LogP contribution in [0, 0.1) is 12.1 Å². The average molecular weight is 183 g/mol. The molecule has 0 aliphatic carbocycles. The minimum Gasteiger partial charge on any atom is -0.618 e. The zero-order valence-electron chi connectivity index (χ0n) is 7.37. The van der Waals surface area contributed by atoms with E-state index in [1.54, 1.807) is 12.3 Å². The fraction of sp³-hybridized carbons (Fsp3) is 0.444. The van der Waals surface area contributed by atoms with Crippen LogP contribution in [0.1, 0.15) is 24.5 Å². The Bertz CT molecular complexity index is 286. The molecule has 0 atom stereocenters. The number of nitrogens with zero attached hydrogens (tertiary/aromatic N) is 1. The van der Waals surface area contributed by atoms with Crippen LogP contribution in [-0.2, 0) is 6.42 Å². The van der Waals surface area contributed by atoms with Crippen molar-refractivity contribution in [3.05, 3.63) is 28.6 Å². The van der Waals surface area contributed by atoms with Gasteiger partial charge in [0.1, 0.15) is 0 Å². The molecule has 0 saturated carbocycles. The van der Waals surface area contributed by atoms with E-state index in [0.29, 0.717) is 5.03 Å². The third-order valence-electron chi connectivity index (χ3n) is 1.87. The summed E-state index contributed by atoms with van der Waals surface area (Å²) in [6.07, 6.45) is 3.63. The number of hydrogen-bond acceptors (Lipinski definition) is 2. The molecule has 0 N–H and O–H groups in total. The standard InChI is InChI=1S/C9H13NOS/c1-3-4-8-6-10(11)9(12)5-7(8)2/h5-6,12H,3-4H2,1-2H3. The summed E-state index contributed by atoms with van der Waals surface area (Å²) >= 11 is 4.03. The lowest BCUT2D eigenvalue weighted by Gasteiger charge is -2.05. The average Bonchev–Trinajstić information content (AvgIpc) is 2.01. The van der Waals surface area contributed by atoms with Crippen LogP contribution in [0.25, 0.3) is 0 Å². The number of pyridine rings is 1. The summed E-state index contributed by atoms with van der Waals surface area (Å²) in [6.45, 7) is 4.11. The van der Waals surface area contributed by atoms with Crippen LogP contribution < -0.4 is 4.73 Å². The normalized spacial score (nSPS) is 10.2. The van der Waals surface area contributed by atoms with Crippen molar-refractivity contribution in [3.63, 3.8) is 0 Å². The van der Waals surface area contributed by atoms with Gasteiger partial charge in [0.25, 0.3) is 0 Å². The molecular formula is C9H13NOS.